The van der Waals surface area contributed by atoms with E-state index in [1.54, 1.807) is 0 Å². The number of anilines is 3. The molecule has 11 rings (SSSR count). The minimum absolute atomic E-state index is 1.09. The van der Waals surface area contributed by atoms with Gasteiger partial charge in [-0.05, 0) is 142 Å². The first-order valence-electron chi connectivity index (χ1n) is 20.3. The Morgan fingerprint density at radius 2 is 0.593 bits per heavy atom. The number of fused-ring (bicyclic) bond motifs is 6. The van der Waals surface area contributed by atoms with Crippen LogP contribution < -0.4 is 4.90 Å². The molecule has 11 aromatic carbocycles. The molecule has 0 heterocycles. The van der Waals surface area contributed by atoms with Crippen molar-refractivity contribution in [3.63, 3.8) is 0 Å². The maximum absolute atomic E-state index is 2.41. The van der Waals surface area contributed by atoms with E-state index >= 15 is 0 Å². The van der Waals surface area contributed by atoms with E-state index in [1.165, 1.54) is 87.6 Å². The fraction of sp³-hybridized carbons (Fsp3) is 0. The summed E-state index contributed by atoms with van der Waals surface area (Å²) >= 11 is 0. The van der Waals surface area contributed by atoms with E-state index in [0.29, 0.717) is 0 Å². The normalized spacial score (nSPS) is 11.4. The van der Waals surface area contributed by atoms with E-state index in [2.05, 4.69) is 241 Å². The van der Waals surface area contributed by atoms with Crippen LogP contribution in [-0.2, 0) is 0 Å². The molecule has 0 bridgehead atoms. The SMILES string of the molecule is c1ccc(-c2cccc(-c3ccc(N(c4cccc(-c5cc6ccccc6c6ccccc56)c4)c4cccc(-c5cc6ccccc6c6ccccc56)c4)cc3)c2)cc1. The molecule has 0 fully saturated rings. The summed E-state index contributed by atoms with van der Waals surface area (Å²) in [5.41, 5.74) is 12.9. The molecule has 0 amide bonds. The summed E-state index contributed by atoms with van der Waals surface area (Å²) in [7, 11) is 0. The molecule has 11 aromatic rings. The molecular formula is C58H39N. The van der Waals surface area contributed by atoms with E-state index in [9.17, 15) is 0 Å². The van der Waals surface area contributed by atoms with Gasteiger partial charge in [-0.15, -0.1) is 0 Å². The molecule has 0 atom stereocenters. The predicted octanol–water partition coefficient (Wildman–Crippen LogP) is 16.4. The summed E-state index contributed by atoms with van der Waals surface area (Å²) in [5, 5.41) is 10.1. The second-order valence-electron chi connectivity index (χ2n) is 15.3. The molecule has 0 aromatic heterocycles. The third-order valence-electron chi connectivity index (χ3n) is 11.8. The summed E-state index contributed by atoms with van der Waals surface area (Å²) in [5.74, 6) is 0. The first kappa shape index (κ1) is 34.5. The summed E-state index contributed by atoms with van der Waals surface area (Å²) in [6, 6.07) is 86.3. The van der Waals surface area contributed by atoms with Crippen molar-refractivity contribution in [1.29, 1.82) is 0 Å². The highest BCUT2D eigenvalue weighted by Gasteiger charge is 2.17. The van der Waals surface area contributed by atoms with Crippen LogP contribution in [0.5, 0.6) is 0 Å². The van der Waals surface area contributed by atoms with Crippen LogP contribution in [0.1, 0.15) is 0 Å². The Bertz CT molecular complexity index is 3160. The number of hydrogen-bond acceptors (Lipinski definition) is 1. The van der Waals surface area contributed by atoms with Crippen LogP contribution in [0.2, 0.25) is 0 Å². The monoisotopic (exact) mass is 749 g/mol. The van der Waals surface area contributed by atoms with Crippen molar-refractivity contribution >= 4 is 60.2 Å². The Kier molecular flexibility index (Phi) is 8.56. The van der Waals surface area contributed by atoms with E-state index in [0.717, 1.165) is 17.1 Å². The van der Waals surface area contributed by atoms with Gasteiger partial charge in [0.1, 0.15) is 0 Å². The molecule has 276 valence electrons. The highest BCUT2D eigenvalue weighted by atomic mass is 15.1. The van der Waals surface area contributed by atoms with Gasteiger partial charge in [-0.3, -0.25) is 0 Å². The van der Waals surface area contributed by atoms with Gasteiger partial charge in [0.2, 0.25) is 0 Å². The lowest BCUT2D eigenvalue weighted by Gasteiger charge is -2.27. The number of hydrogen-bond donors (Lipinski definition) is 0. The lowest BCUT2D eigenvalue weighted by Crippen LogP contribution is -2.10. The highest BCUT2D eigenvalue weighted by molar-refractivity contribution is 6.15. The molecule has 0 unspecified atom stereocenters. The molecule has 1 heteroatoms. The number of rotatable bonds is 7. The predicted molar refractivity (Wildman–Crippen MR) is 253 cm³/mol. The van der Waals surface area contributed by atoms with E-state index < -0.39 is 0 Å². The quantitative estimate of drug-likeness (QED) is 0.147. The lowest BCUT2D eigenvalue weighted by molar-refractivity contribution is 1.28. The zero-order valence-electron chi connectivity index (χ0n) is 32.5. The van der Waals surface area contributed by atoms with Crippen molar-refractivity contribution in [1.82, 2.24) is 0 Å². The summed E-state index contributed by atoms with van der Waals surface area (Å²) in [6.07, 6.45) is 0. The Morgan fingerprint density at radius 1 is 0.203 bits per heavy atom. The van der Waals surface area contributed by atoms with E-state index in [4.69, 9.17) is 0 Å². The lowest BCUT2D eigenvalue weighted by atomic mass is 9.92. The Hall–Kier alpha value is -7.74. The summed E-state index contributed by atoms with van der Waals surface area (Å²) in [6.45, 7) is 0. The van der Waals surface area contributed by atoms with Crippen LogP contribution in [-0.4, -0.2) is 0 Å². The standard InChI is InChI=1S/C58H39N/c1-2-15-40(16-3-1)42-19-12-20-43(35-42)41-31-33-48(34-32-41)59(49-23-13-21-44(36-49)57-38-46-17-4-6-25-51(46)53-27-8-10-29-55(53)57)50-24-14-22-45(37-50)58-39-47-18-5-7-26-52(47)54-28-9-11-30-56(54)58/h1-39H. The van der Waals surface area contributed by atoms with Crippen molar-refractivity contribution in [2.75, 3.05) is 4.90 Å². The van der Waals surface area contributed by atoms with Gasteiger partial charge >= 0.3 is 0 Å². The minimum Gasteiger partial charge on any atom is -0.310 e. The van der Waals surface area contributed by atoms with Crippen LogP contribution in [0.4, 0.5) is 17.1 Å². The zero-order chi connectivity index (χ0) is 39.1. The van der Waals surface area contributed by atoms with Crippen molar-refractivity contribution < 1.29 is 0 Å². The van der Waals surface area contributed by atoms with Crippen molar-refractivity contribution in [3.05, 3.63) is 237 Å². The molecule has 0 saturated heterocycles. The van der Waals surface area contributed by atoms with Gasteiger partial charge < -0.3 is 4.90 Å². The molecule has 0 spiro atoms. The number of benzene rings is 11. The maximum Gasteiger partial charge on any atom is 0.0467 e. The van der Waals surface area contributed by atoms with Gasteiger partial charge in [0.25, 0.3) is 0 Å². The first-order chi connectivity index (χ1) is 29.2. The maximum atomic E-state index is 2.41. The van der Waals surface area contributed by atoms with Crippen molar-refractivity contribution in [2.24, 2.45) is 0 Å². The number of nitrogens with zero attached hydrogens (tertiary/aromatic N) is 1. The minimum atomic E-state index is 1.09. The molecule has 1 nitrogen and oxygen atoms in total. The smallest absolute Gasteiger partial charge is 0.0467 e. The second kappa shape index (κ2) is 14.6. The molecule has 59 heavy (non-hydrogen) atoms. The van der Waals surface area contributed by atoms with Gasteiger partial charge in [-0.25, -0.2) is 0 Å². The Morgan fingerprint density at radius 3 is 1.12 bits per heavy atom. The Labute approximate surface area is 344 Å². The average molecular weight is 750 g/mol. The third kappa shape index (κ3) is 6.30. The first-order valence-corrected chi connectivity index (χ1v) is 20.3. The second-order valence-corrected chi connectivity index (χ2v) is 15.3. The average Bonchev–Trinajstić information content (AvgIpc) is 3.32. The molecule has 0 aliphatic carbocycles. The van der Waals surface area contributed by atoms with Gasteiger partial charge in [0.15, 0.2) is 0 Å². The topological polar surface area (TPSA) is 3.24 Å². The van der Waals surface area contributed by atoms with Gasteiger partial charge in [-0.1, -0.05) is 182 Å². The van der Waals surface area contributed by atoms with Crippen LogP contribution in [0, 0.1) is 0 Å². The zero-order valence-corrected chi connectivity index (χ0v) is 32.5. The molecule has 0 aliphatic heterocycles. The van der Waals surface area contributed by atoms with Crippen molar-refractivity contribution in [2.45, 2.75) is 0 Å². The van der Waals surface area contributed by atoms with Gasteiger partial charge in [-0.2, -0.15) is 0 Å². The van der Waals surface area contributed by atoms with Gasteiger partial charge in [0.05, 0.1) is 0 Å². The molecule has 0 N–H and O–H groups in total. The van der Waals surface area contributed by atoms with E-state index in [-0.39, 0.29) is 0 Å². The van der Waals surface area contributed by atoms with Crippen LogP contribution >= 0.6 is 0 Å². The van der Waals surface area contributed by atoms with Gasteiger partial charge in [0, 0.05) is 17.1 Å². The molecule has 0 aliphatic rings. The van der Waals surface area contributed by atoms with Crippen LogP contribution in [0.3, 0.4) is 0 Å². The fourth-order valence-corrected chi connectivity index (χ4v) is 8.97. The highest BCUT2D eigenvalue weighted by Crippen LogP contribution is 2.43. The summed E-state index contributed by atoms with van der Waals surface area (Å²) < 4.78 is 0. The Balaban J connectivity index is 1.07. The largest absolute Gasteiger partial charge is 0.310 e. The molecular weight excluding hydrogens is 711 g/mol. The van der Waals surface area contributed by atoms with Crippen molar-refractivity contribution in [3.8, 4) is 44.5 Å². The third-order valence-corrected chi connectivity index (χ3v) is 11.8. The fourth-order valence-electron chi connectivity index (χ4n) is 8.97. The summed E-state index contributed by atoms with van der Waals surface area (Å²) in [4.78, 5) is 2.41. The van der Waals surface area contributed by atoms with E-state index in [1.807, 2.05) is 0 Å². The van der Waals surface area contributed by atoms with Crippen LogP contribution in [0.25, 0.3) is 87.6 Å². The van der Waals surface area contributed by atoms with Crippen LogP contribution in [0.15, 0.2) is 237 Å². The molecule has 0 saturated carbocycles. The molecule has 0 radical (unpaired) electrons.